The van der Waals surface area contributed by atoms with Crippen LogP contribution in [0.3, 0.4) is 0 Å². The average molecular weight is 810 g/mol. The molecule has 3 aliphatic heterocycles. The first-order chi connectivity index (χ1) is 27.0. The molecule has 3 heterocycles. The van der Waals surface area contributed by atoms with Gasteiger partial charge in [0.2, 0.25) is 18.0 Å². The summed E-state index contributed by atoms with van der Waals surface area (Å²) < 4.78 is 15.6. The molecule has 0 saturated carbocycles. The van der Waals surface area contributed by atoms with Crippen LogP contribution in [0.1, 0.15) is 44.0 Å². The average Bonchev–Trinajstić information content (AvgIpc) is 3.16. The van der Waals surface area contributed by atoms with E-state index in [1.54, 1.807) is 13.0 Å². The molecule has 2 aromatic rings. The number of carboxylic acids is 1. The van der Waals surface area contributed by atoms with Crippen molar-refractivity contribution in [3.63, 3.8) is 0 Å². The van der Waals surface area contributed by atoms with Crippen molar-refractivity contribution in [3.8, 4) is 11.5 Å². The number of piperazine rings is 1. The van der Waals surface area contributed by atoms with E-state index in [4.69, 9.17) is 19.9 Å². The third-order valence-electron chi connectivity index (χ3n) is 8.84. The highest BCUT2D eigenvalue weighted by molar-refractivity contribution is 8.00. The Morgan fingerprint density at radius 3 is 2.23 bits per heavy atom. The lowest BCUT2D eigenvalue weighted by molar-refractivity contribution is -0.163. The Morgan fingerprint density at radius 2 is 1.63 bits per heavy atom. The molecule has 2 fully saturated rings. The highest BCUT2D eigenvalue weighted by atomic mass is 32.2. The molecule has 0 bridgehead atoms. The summed E-state index contributed by atoms with van der Waals surface area (Å²) in [6.45, 7) is 3.91. The number of fused-ring (bicyclic) bond motifs is 1. The molecule has 1 unspecified atom stereocenters. The van der Waals surface area contributed by atoms with Crippen LogP contribution in [0.4, 0.5) is 9.59 Å². The van der Waals surface area contributed by atoms with Crippen LogP contribution >= 0.6 is 11.8 Å². The molecule has 6 N–H and O–H groups in total. The third-order valence-corrected chi connectivity index (χ3v) is 10.2. The fraction of sp³-hybridized carbons (Fsp3) is 0.314. The monoisotopic (exact) mass is 809 g/mol. The van der Waals surface area contributed by atoms with E-state index in [0.29, 0.717) is 4.90 Å². The first kappa shape index (κ1) is 41.2. The van der Waals surface area contributed by atoms with E-state index >= 15 is 0 Å². The van der Waals surface area contributed by atoms with Crippen LogP contribution in [0.2, 0.25) is 0 Å². The number of ether oxygens (including phenoxy) is 3. The summed E-state index contributed by atoms with van der Waals surface area (Å²) in [6.07, 6.45) is -2.90. The van der Waals surface area contributed by atoms with Crippen molar-refractivity contribution in [1.29, 1.82) is 0 Å². The summed E-state index contributed by atoms with van der Waals surface area (Å²) in [5.74, 6) is -8.40. The summed E-state index contributed by atoms with van der Waals surface area (Å²) >= 11 is 0.837. The van der Waals surface area contributed by atoms with Crippen LogP contribution in [-0.2, 0) is 43.1 Å². The van der Waals surface area contributed by atoms with Gasteiger partial charge in [0.1, 0.15) is 17.1 Å². The van der Waals surface area contributed by atoms with Gasteiger partial charge in [-0.2, -0.15) is 0 Å². The molecule has 21 nitrogen and oxygen atoms in total. The van der Waals surface area contributed by atoms with Gasteiger partial charge in [0.25, 0.3) is 5.91 Å². The van der Waals surface area contributed by atoms with Gasteiger partial charge in [-0.1, -0.05) is 36.4 Å². The second-order valence-corrected chi connectivity index (χ2v) is 13.5. The predicted octanol–water partition coefficient (Wildman–Crippen LogP) is -0.372. The molecule has 5 rings (SSSR count). The van der Waals surface area contributed by atoms with Gasteiger partial charge in [-0.3, -0.25) is 43.4 Å². The quantitative estimate of drug-likeness (QED) is 0.0431. The molecule has 0 aromatic heterocycles. The number of benzene rings is 2. The number of nitrogens with zero attached hydrogens (tertiary/aromatic N) is 3. The molecule has 300 valence electrons. The maximum Gasteiger partial charge on any atom is 0.405 e. The Morgan fingerprint density at radius 1 is 0.965 bits per heavy atom. The van der Waals surface area contributed by atoms with Gasteiger partial charge in [-0.15, -0.1) is 11.8 Å². The van der Waals surface area contributed by atoms with E-state index in [1.807, 2.05) is 0 Å². The van der Waals surface area contributed by atoms with Crippen LogP contribution in [0.15, 0.2) is 59.8 Å². The molecule has 22 heteroatoms. The number of urea groups is 1. The van der Waals surface area contributed by atoms with Crippen LogP contribution in [-0.4, -0.2) is 116 Å². The smallest absolute Gasteiger partial charge is 0.405 e. The van der Waals surface area contributed by atoms with Crippen LogP contribution in [0.25, 0.3) is 0 Å². The molecule has 57 heavy (non-hydrogen) atoms. The number of rotatable bonds is 13. The van der Waals surface area contributed by atoms with Crippen LogP contribution in [0.5, 0.6) is 11.5 Å². The third kappa shape index (κ3) is 8.20. The minimum absolute atomic E-state index is 0.0231. The number of β-lactam (4-membered cyclic amide) rings is 1. The number of aliphatic carboxylic acids is 1. The minimum Gasteiger partial charge on any atom is -0.477 e. The Kier molecular flexibility index (Phi) is 12.1. The molecule has 0 aliphatic carbocycles. The van der Waals surface area contributed by atoms with Gasteiger partial charge in [0.15, 0.2) is 17.6 Å². The standard InChI is InChI=1S/C35H35N7O14S/c1-4-40-12-13-41(29(48)28(40)47)34(53)38-24(19-8-6-5-7-9-19)27(46)39-35(37-16-43)31(51)42-25(30(49)50)21(15-57-32(35)42)26(56-33(36)52)20-10-11-22(54-17(2)44)23(14-20)55-18(3)45/h5-11,14,16,24,26,32H,4,12-13,15H2,1-3H3,(H2,36,52)(H,37,43)(H,38,53)(H,39,46)(H,49,50)/t24-,26?,32-,35-/m1/s1. The second-order valence-electron chi connectivity index (χ2n) is 12.4. The first-order valence-electron chi connectivity index (χ1n) is 16.9. The number of amides is 8. The number of nitrogens with two attached hydrogens (primary N) is 1. The van der Waals surface area contributed by atoms with Crippen LogP contribution < -0.4 is 31.2 Å². The fourth-order valence-electron chi connectivity index (χ4n) is 6.36. The Hall–Kier alpha value is -6.97. The zero-order chi connectivity index (χ0) is 41.8. The van der Waals surface area contributed by atoms with Crippen molar-refractivity contribution in [3.05, 3.63) is 70.9 Å². The number of primary amides is 1. The van der Waals surface area contributed by atoms with E-state index in [2.05, 4.69) is 16.0 Å². The lowest BCUT2D eigenvalue weighted by Crippen LogP contribution is -2.85. The lowest BCUT2D eigenvalue weighted by Gasteiger charge is -2.57. The fourth-order valence-corrected chi connectivity index (χ4v) is 7.81. The maximum absolute atomic E-state index is 14.1. The number of esters is 2. The molecule has 8 amide bonds. The summed E-state index contributed by atoms with van der Waals surface area (Å²) in [5, 5.41) is 16.2. The molecule has 2 saturated heterocycles. The van der Waals surface area contributed by atoms with Gasteiger partial charge in [-0.05, 0) is 24.6 Å². The van der Waals surface area contributed by atoms with Crippen molar-refractivity contribution in [1.82, 2.24) is 30.7 Å². The maximum atomic E-state index is 14.1. The van der Waals surface area contributed by atoms with Crippen molar-refractivity contribution in [2.24, 2.45) is 5.73 Å². The van der Waals surface area contributed by atoms with E-state index in [0.717, 1.165) is 36.6 Å². The van der Waals surface area contributed by atoms with Gasteiger partial charge < -0.3 is 45.9 Å². The Balaban J connectivity index is 1.49. The SMILES string of the molecule is CCN1CCN(C(=O)N[C@@H](C(=O)N[C@]2(NC=O)C(=O)N3C(C(=O)O)=C(C(OC(N)=O)c4ccc(OC(C)=O)c(OC(C)=O)c4)CS[C@@H]32)c2ccccc2)C(=O)C1=O. The zero-order valence-corrected chi connectivity index (χ0v) is 31.2. The van der Waals surface area contributed by atoms with Gasteiger partial charge in [0.05, 0.1) is 0 Å². The predicted molar refractivity (Wildman–Crippen MR) is 192 cm³/mol. The molecular weight excluding hydrogens is 774 g/mol. The first-order valence-corrected chi connectivity index (χ1v) is 18.0. The number of thioether (sulfide) groups is 1. The number of imide groups is 1. The van der Waals surface area contributed by atoms with E-state index in [1.165, 1.54) is 41.3 Å². The number of carboxylic acid groups (broad SMARTS) is 1. The van der Waals surface area contributed by atoms with Crippen molar-refractivity contribution < 1.29 is 67.3 Å². The van der Waals surface area contributed by atoms with E-state index in [9.17, 15) is 53.1 Å². The normalized spacial score (nSPS) is 19.9. The van der Waals surface area contributed by atoms with Gasteiger partial charge in [0, 0.05) is 50.4 Å². The molecule has 0 spiro atoms. The van der Waals surface area contributed by atoms with Crippen molar-refractivity contribution >= 4 is 71.8 Å². The second kappa shape index (κ2) is 16.8. The van der Waals surface area contributed by atoms with Gasteiger partial charge >= 0.3 is 41.8 Å². The lowest BCUT2D eigenvalue weighted by atomic mass is 9.92. The Bertz CT molecular complexity index is 2100. The summed E-state index contributed by atoms with van der Waals surface area (Å²) in [4.78, 5) is 130. The minimum atomic E-state index is -2.31. The molecule has 0 radical (unpaired) electrons. The largest absolute Gasteiger partial charge is 0.477 e. The number of likely N-dealkylation sites (N-methyl/N-ethyl adjacent to an activating group) is 1. The van der Waals surface area contributed by atoms with E-state index in [-0.39, 0.29) is 60.0 Å². The summed E-state index contributed by atoms with van der Waals surface area (Å²) in [5.41, 5.74) is 2.28. The van der Waals surface area contributed by atoms with E-state index < -0.39 is 82.5 Å². The number of hydrogen-bond donors (Lipinski definition) is 5. The zero-order valence-electron chi connectivity index (χ0n) is 30.3. The molecular formula is C35H35N7O14S. The number of hydrogen-bond acceptors (Lipinski definition) is 14. The topological polar surface area (TPSA) is 290 Å². The molecule has 3 aliphatic rings. The molecule has 4 atom stereocenters. The summed E-state index contributed by atoms with van der Waals surface area (Å²) in [7, 11) is 0. The number of nitrogens with one attached hydrogen (secondary N) is 3. The Labute approximate surface area is 326 Å². The summed E-state index contributed by atoms with van der Waals surface area (Å²) in [6, 6.07) is 8.49. The van der Waals surface area contributed by atoms with Crippen LogP contribution in [0, 0.1) is 0 Å². The van der Waals surface area contributed by atoms with Crippen molar-refractivity contribution in [2.45, 2.75) is 44.0 Å². The molecule has 2 aromatic carbocycles. The number of carbonyl (C=O) groups excluding carboxylic acids is 9. The van der Waals surface area contributed by atoms with Crippen molar-refractivity contribution in [2.75, 3.05) is 25.4 Å². The highest BCUT2D eigenvalue weighted by Gasteiger charge is 2.66. The highest BCUT2D eigenvalue weighted by Crippen LogP contribution is 2.49. The number of carbonyl (C=O) groups is 10. The van der Waals surface area contributed by atoms with Gasteiger partial charge in [-0.25, -0.2) is 14.4 Å².